The van der Waals surface area contributed by atoms with Crippen molar-refractivity contribution < 1.29 is 9.53 Å². The summed E-state index contributed by atoms with van der Waals surface area (Å²) >= 11 is 1.61. The molecule has 0 spiro atoms. The van der Waals surface area contributed by atoms with Gasteiger partial charge in [0, 0.05) is 11.3 Å². The molecule has 0 aromatic carbocycles. The molecule has 4 heteroatoms. The lowest BCUT2D eigenvalue weighted by molar-refractivity contribution is -0.152. The summed E-state index contributed by atoms with van der Waals surface area (Å²) in [5, 5.41) is 0. The first kappa shape index (κ1) is 12.2. The van der Waals surface area contributed by atoms with Gasteiger partial charge >= 0.3 is 5.97 Å². The first-order valence-electron chi connectivity index (χ1n) is 4.97. The third-order valence-electron chi connectivity index (χ3n) is 2.02. The minimum absolute atomic E-state index is 0.148. The van der Waals surface area contributed by atoms with E-state index < -0.39 is 5.41 Å². The molecule has 0 amide bonds. The molecule has 0 radical (unpaired) electrons. The van der Waals surface area contributed by atoms with E-state index in [0.717, 1.165) is 12.1 Å². The number of esters is 1. The van der Waals surface area contributed by atoms with Crippen LogP contribution in [0.25, 0.3) is 0 Å². The monoisotopic (exact) mass is 227 g/mol. The van der Waals surface area contributed by atoms with E-state index in [1.54, 1.807) is 11.3 Å². The van der Waals surface area contributed by atoms with E-state index in [1.165, 1.54) is 4.88 Å². The lowest BCUT2D eigenvalue weighted by Crippen LogP contribution is -2.23. The fourth-order valence-electron chi connectivity index (χ4n) is 1.02. The molecule has 1 rings (SSSR count). The van der Waals surface area contributed by atoms with E-state index in [2.05, 4.69) is 4.98 Å². The van der Waals surface area contributed by atoms with Crippen LogP contribution in [0.3, 0.4) is 0 Å². The maximum Gasteiger partial charge on any atom is 0.311 e. The zero-order valence-electron chi connectivity index (χ0n) is 9.66. The fraction of sp³-hybridized carbons (Fsp3) is 0.636. The van der Waals surface area contributed by atoms with Crippen LogP contribution in [-0.2, 0) is 16.0 Å². The smallest absolute Gasteiger partial charge is 0.311 e. The average molecular weight is 227 g/mol. The minimum atomic E-state index is -0.414. The van der Waals surface area contributed by atoms with E-state index in [9.17, 15) is 4.79 Å². The van der Waals surface area contributed by atoms with Gasteiger partial charge in [-0.15, -0.1) is 11.3 Å². The molecule has 0 unspecified atom stereocenters. The van der Waals surface area contributed by atoms with Crippen LogP contribution in [0.1, 0.15) is 31.3 Å². The van der Waals surface area contributed by atoms with Crippen LogP contribution >= 0.6 is 11.3 Å². The van der Waals surface area contributed by atoms with E-state index in [4.69, 9.17) is 4.74 Å². The Bertz CT molecular complexity index is 339. The highest BCUT2D eigenvalue weighted by atomic mass is 32.1. The molecule has 0 aliphatic carbocycles. The average Bonchev–Trinajstić information content (AvgIpc) is 2.50. The molecule has 0 bridgehead atoms. The molecule has 1 aromatic heterocycles. The topological polar surface area (TPSA) is 39.2 Å². The Morgan fingerprint density at radius 3 is 2.67 bits per heavy atom. The van der Waals surface area contributed by atoms with Gasteiger partial charge in [0.25, 0.3) is 0 Å². The van der Waals surface area contributed by atoms with Crippen molar-refractivity contribution in [3.63, 3.8) is 0 Å². The number of hydrogen-bond acceptors (Lipinski definition) is 4. The van der Waals surface area contributed by atoms with Gasteiger partial charge in [-0.05, 0) is 27.7 Å². The predicted octanol–water partition coefficient (Wildman–Crippen LogP) is 2.58. The zero-order chi connectivity index (χ0) is 11.5. The highest BCUT2D eigenvalue weighted by molar-refractivity contribution is 7.09. The maximum absolute atomic E-state index is 11.4. The fourth-order valence-corrected chi connectivity index (χ4v) is 1.78. The molecule has 84 valence electrons. The van der Waals surface area contributed by atoms with Gasteiger partial charge in [0.05, 0.1) is 23.2 Å². The van der Waals surface area contributed by atoms with Gasteiger partial charge in [0.15, 0.2) is 0 Å². The van der Waals surface area contributed by atoms with Crippen LogP contribution in [0.5, 0.6) is 0 Å². The molecule has 0 atom stereocenters. The normalized spacial score (nSPS) is 11.5. The van der Waals surface area contributed by atoms with Crippen molar-refractivity contribution in [2.75, 3.05) is 6.61 Å². The van der Waals surface area contributed by atoms with Crippen LogP contribution in [-0.4, -0.2) is 17.6 Å². The number of aryl methyl sites for hydroxylation is 1. The lowest BCUT2D eigenvalue weighted by atomic mass is 9.97. The van der Waals surface area contributed by atoms with Crippen molar-refractivity contribution in [3.8, 4) is 0 Å². The van der Waals surface area contributed by atoms with Crippen LogP contribution < -0.4 is 0 Å². The third kappa shape index (κ3) is 3.63. The summed E-state index contributed by atoms with van der Waals surface area (Å²) in [6, 6.07) is 0. The van der Waals surface area contributed by atoms with Gasteiger partial charge in [-0.1, -0.05) is 0 Å². The summed E-state index contributed by atoms with van der Waals surface area (Å²) in [5.41, 5.74) is 2.44. The number of nitrogens with zero attached hydrogens (tertiary/aromatic N) is 1. The second-order valence-electron chi connectivity index (χ2n) is 4.50. The van der Waals surface area contributed by atoms with E-state index >= 15 is 0 Å². The molecule has 1 aromatic rings. The van der Waals surface area contributed by atoms with Gasteiger partial charge < -0.3 is 4.74 Å². The molecule has 0 N–H and O–H groups in total. The number of rotatable bonds is 3. The molecule has 0 fully saturated rings. The second kappa shape index (κ2) is 4.75. The molecular formula is C11H17NO2S. The quantitative estimate of drug-likeness (QED) is 0.745. The number of aromatic nitrogens is 1. The Morgan fingerprint density at radius 1 is 1.53 bits per heavy atom. The van der Waals surface area contributed by atoms with Crippen LogP contribution in [0.15, 0.2) is 5.51 Å². The Morgan fingerprint density at radius 2 is 2.20 bits per heavy atom. The molecule has 1 heterocycles. The standard InChI is InChI=1S/C11H17NO2S/c1-8-9(15-7-12-8)5-6-14-10(13)11(2,3)4/h7H,5-6H2,1-4H3. The first-order valence-corrected chi connectivity index (χ1v) is 5.85. The molecule has 0 aliphatic rings. The molecule has 0 saturated heterocycles. The van der Waals surface area contributed by atoms with Gasteiger partial charge in [0.1, 0.15) is 0 Å². The van der Waals surface area contributed by atoms with Crippen molar-refractivity contribution >= 4 is 17.3 Å². The minimum Gasteiger partial charge on any atom is -0.465 e. The summed E-state index contributed by atoms with van der Waals surface area (Å²) in [6.07, 6.45) is 0.762. The van der Waals surface area contributed by atoms with Crippen LogP contribution in [0.2, 0.25) is 0 Å². The number of thiazole rings is 1. The van der Waals surface area contributed by atoms with Crippen molar-refractivity contribution in [1.82, 2.24) is 4.98 Å². The van der Waals surface area contributed by atoms with Crippen LogP contribution in [0, 0.1) is 12.3 Å². The Kier molecular flexibility index (Phi) is 3.85. The van der Waals surface area contributed by atoms with Crippen molar-refractivity contribution in [1.29, 1.82) is 0 Å². The van der Waals surface area contributed by atoms with Gasteiger partial charge in [-0.25, -0.2) is 4.98 Å². The summed E-state index contributed by atoms with van der Waals surface area (Å²) < 4.78 is 5.17. The van der Waals surface area contributed by atoms with E-state index in [1.807, 2.05) is 33.2 Å². The molecule has 0 aliphatic heterocycles. The Balaban J connectivity index is 2.35. The Hall–Kier alpha value is -0.900. The predicted molar refractivity (Wildman–Crippen MR) is 61.0 cm³/mol. The number of hydrogen-bond donors (Lipinski definition) is 0. The highest BCUT2D eigenvalue weighted by Crippen LogP contribution is 2.16. The number of carbonyl (C=O) groups is 1. The maximum atomic E-state index is 11.4. The van der Waals surface area contributed by atoms with E-state index in [-0.39, 0.29) is 5.97 Å². The largest absolute Gasteiger partial charge is 0.465 e. The highest BCUT2D eigenvalue weighted by Gasteiger charge is 2.22. The summed E-state index contributed by atoms with van der Waals surface area (Å²) in [6.45, 7) is 7.98. The van der Waals surface area contributed by atoms with Crippen molar-refractivity contribution in [3.05, 3.63) is 16.1 Å². The van der Waals surface area contributed by atoms with Crippen molar-refractivity contribution in [2.45, 2.75) is 34.1 Å². The third-order valence-corrected chi connectivity index (χ3v) is 3.01. The van der Waals surface area contributed by atoms with Gasteiger partial charge in [-0.3, -0.25) is 4.79 Å². The first-order chi connectivity index (χ1) is 6.91. The Labute approximate surface area is 94.5 Å². The summed E-state index contributed by atoms with van der Waals surface area (Å²) in [4.78, 5) is 16.8. The molecule has 3 nitrogen and oxygen atoms in total. The van der Waals surface area contributed by atoms with E-state index in [0.29, 0.717) is 6.61 Å². The SMILES string of the molecule is Cc1ncsc1CCOC(=O)C(C)(C)C. The summed E-state index contributed by atoms with van der Waals surface area (Å²) in [7, 11) is 0. The second-order valence-corrected chi connectivity index (χ2v) is 5.44. The molecule has 0 saturated carbocycles. The van der Waals surface area contributed by atoms with Crippen molar-refractivity contribution in [2.24, 2.45) is 5.41 Å². The number of carbonyl (C=O) groups excluding carboxylic acids is 1. The summed E-state index contributed by atoms with van der Waals surface area (Å²) in [5.74, 6) is -0.148. The number of ether oxygens (including phenoxy) is 1. The molecular weight excluding hydrogens is 210 g/mol. The lowest BCUT2D eigenvalue weighted by Gasteiger charge is -2.16. The molecule has 15 heavy (non-hydrogen) atoms. The van der Waals surface area contributed by atoms with Crippen LogP contribution in [0.4, 0.5) is 0 Å². The van der Waals surface area contributed by atoms with Gasteiger partial charge in [-0.2, -0.15) is 0 Å². The zero-order valence-corrected chi connectivity index (χ0v) is 10.5. The van der Waals surface area contributed by atoms with Gasteiger partial charge in [0.2, 0.25) is 0 Å².